The van der Waals surface area contributed by atoms with Crippen molar-refractivity contribution in [1.29, 1.82) is 0 Å². The molecule has 2 rings (SSSR count). The molecule has 0 spiro atoms. The molecule has 0 aromatic rings. The zero-order valence-electron chi connectivity index (χ0n) is 11.7. The minimum absolute atomic E-state index is 0.217. The largest absolute Gasteiger partial charge is 0.396 e. The molecule has 0 heterocycles. The Hall–Kier alpha value is -0.0800. The third-order valence-corrected chi connectivity index (χ3v) is 6.04. The van der Waals surface area contributed by atoms with Crippen LogP contribution >= 0.6 is 0 Å². The Morgan fingerprint density at radius 2 is 1.82 bits per heavy atom. The van der Waals surface area contributed by atoms with E-state index in [0.29, 0.717) is 11.3 Å². The van der Waals surface area contributed by atoms with E-state index >= 15 is 0 Å². The van der Waals surface area contributed by atoms with E-state index in [-0.39, 0.29) is 30.0 Å². The molecule has 0 saturated heterocycles. The molecule has 5 atom stereocenters. The first-order valence-corrected chi connectivity index (χ1v) is 7.12. The van der Waals surface area contributed by atoms with Crippen LogP contribution in [0.15, 0.2) is 0 Å². The zero-order valence-corrected chi connectivity index (χ0v) is 11.7. The molecule has 2 fully saturated rings. The van der Waals surface area contributed by atoms with E-state index in [1.54, 1.807) is 0 Å². The molecule has 2 aliphatic rings. The summed E-state index contributed by atoms with van der Waals surface area (Å²) in [7, 11) is 0. The van der Waals surface area contributed by atoms with Gasteiger partial charge in [-0.15, -0.1) is 0 Å². The first-order valence-electron chi connectivity index (χ1n) is 7.12. The van der Waals surface area contributed by atoms with Gasteiger partial charge >= 0.3 is 0 Å². The van der Waals surface area contributed by atoms with Gasteiger partial charge in [0, 0.05) is 6.61 Å². The molecule has 0 amide bonds. The summed E-state index contributed by atoms with van der Waals surface area (Å²) >= 11 is 0. The summed E-state index contributed by atoms with van der Waals surface area (Å²) in [5.41, 5.74) is 0.524. The molecule has 0 aromatic heterocycles. The van der Waals surface area contributed by atoms with Gasteiger partial charge in [0.2, 0.25) is 0 Å². The molecule has 0 bridgehead atoms. The van der Waals surface area contributed by atoms with Crippen LogP contribution in [0.4, 0.5) is 0 Å². The second-order valence-corrected chi connectivity index (χ2v) is 7.35. The Kier molecular flexibility index (Phi) is 3.33. The van der Waals surface area contributed by atoms with Crippen LogP contribution in [0.1, 0.15) is 53.4 Å². The number of fused-ring (bicyclic) bond motifs is 1. The third-order valence-electron chi connectivity index (χ3n) is 6.04. The second kappa shape index (κ2) is 4.24. The number of aliphatic hydroxyl groups is 2. The van der Waals surface area contributed by atoms with Crippen molar-refractivity contribution in [3.05, 3.63) is 0 Å². The topological polar surface area (TPSA) is 40.5 Å². The highest BCUT2D eigenvalue weighted by atomic mass is 16.3. The summed E-state index contributed by atoms with van der Waals surface area (Å²) in [6.07, 6.45) is 4.42. The lowest BCUT2D eigenvalue weighted by Gasteiger charge is -2.59. The van der Waals surface area contributed by atoms with Crippen LogP contribution in [-0.4, -0.2) is 22.9 Å². The van der Waals surface area contributed by atoms with E-state index in [1.165, 1.54) is 19.3 Å². The molecule has 2 aliphatic carbocycles. The lowest BCUT2D eigenvalue weighted by atomic mass is 9.46. The molecule has 5 unspecified atom stereocenters. The van der Waals surface area contributed by atoms with Crippen molar-refractivity contribution in [1.82, 2.24) is 0 Å². The third kappa shape index (κ3) is 1.94. The summed E-state index contributed by atoms with van der Waals surface area (Å²) in [5.74, 6) is 1.04. The van der Waals surface area contributed by atoms with Gasteiger partial charge in [-0.2, -0.15) is 0 Å². The molecule has 2 heteroatoms. The zero-order chi connectivity index (χ0) is 12.8. The molecule has 2 N–H and O–H groups in total. The van der Waals surface area contributed by atoms with Crippen molar-refractivity contribution < 1.29 is 10.2 Å². The normalized spacial score (nSPS) is 49.8. The number of hydrogen-bond acceptors (Lipinski definition) is 2. The van der Waals surface area contributed by atoms with Gasteiger partial charge in [-0.25, -0.2) is 0 Å². The molecular formula is C15H28O2. The average molecular weight is 240 g/mol. The molecule has 100 valence electrons. The second-order valence-electron chi connectivity index (χ2n) is 7.35. The van der Waals surface area contributed by atoms with Gasteiger partial charge in [0.25, 0.3) is 0 Å². The Balaban J connectivity index is 2.36. The lowest BCUT2D eigenvalue weighted by Crippen LogP contribution is -2.56. The average Bonchev–Trinajstić information content (AvgIpc) is 2.22. The van der Waals surface area contributed by atoms with Gasteiger partial charge in [-0.05, 0) is 47.8 Å². The van der Waals surface area contributed by atoms with Crippen molar-refractivity contribution >= 4 is 0 Å². The van der Waals surface area contributed by atoms with E-state index < -0.39 is 0 Å². The first kappa shape index (κ1) is 13.4. The minimum atomic E-state index is -0.234. The Bertz CT molecular complexity index is 287. The van der Waals surface area contributed by atoms with E-state index in [2.05, 4.69) is 27.7 Å². The smallest absolute Gasteiger partial charge is 0.0572 e. The Morgan fingerprint density at radius 3 is 2.41 bits per heavy atom. The van der Waals surface area contributed by atoms with Crippen molar-refractivity contribution in [2.24, 2.45) is 28.6 Å². The first-order chi connectivity index (χ1) is 7.83. The van der Waals surface area contributed by atoms with Crippen LogP contribution in [0.25, 0.3) is 0 Å². The fourth-order valence-corrected chi connectivity index (χ4v) is 4.90. The van der Waals surface area contributed by atoms with Crippen molar-refractivity contribution in [3.63, 3.8) is 0 Å². The number of rotatable bonds is 1. The monoisotopic (exact) mass is 240 g/mol. The van der Waals surface area contributed by atoms with E-state index in [0.717, 1.165) is 6.42 Å². The summed E-state index contributed by atoms with van der Waals surface area (Å²) in [6, 6.07) is 0. The van der Waals surface area contributed by atoms with Gasteiger partial charge in [-0.1, -0.05) is 34.1 Å². The fraction of sp³-hybridized carbons (Fsp3) is 1.00. The van der Waals surface area contributed by atoms with E-state index in [9.17, 15) is 10.2 Å². The van der Waals surface area contributed by atoms with Gasteiger partial charge in [-0.3, -0.25) is 0 Å². The van der Waals surface area contributed by atoms with E-state index in [4.69, 9.17) is 0 Å². The SMILES string of the molecule is CC1C(O)CC2C(C)(C)CCCC2(C)C1CO. The molecule has 2 saturated carbocycles. The van der Waals surface area contributed by atoms with Crippen LogP contribution in [0.2, 0.25) is 0 Å². The number of aliphatic hydroxyl groups excluding tert-OH is 2. The standard InChI is InChI=1S/C15H28O2/c1-10-11(9-16)15(4)7-5-6-14(2,3)13(15)8-12(10)17/h10-13,16-17H,5-9H2,1-4H3. The van der Waals surface area contributed by atoms with Crippen LogP contribution in [-0.2, 0) is 0 Å². The molecule has 0 aliphatic heterocycles. The maximum absolute atomic E-state index is 10.3. The van der Waals surface area contributed by atoms with Gasteiger partial charge < -0.3 is 10.2 Å². The predicted octanol–water partition coefficient (Wildman–Crippen LogP) is 2.83. The maximum Gasteiger partial charge on any atom is 0.0572 e. The maximum atomic E-state index is 10.3. The quantitative estimate of drug-likeness (QED) is 0.740. The molecule has 0 aromatic carbocycles. The van der Waals surface area contributed by atoms with E-state index in [1.807, 2.05) is 0 Å². The highest BCUT2D eigenvalue weighted by molar-refractivity contribution is 5.04. The molecule has 17 heavy (non-hydrogen) atoms. The Morgan fingerprint density at radius 1 is 1.18 bits per heavy atom. The predicted molar refractivity (Wildman–Crippen MR) is 69.6 cm³/mol. The minimum Gasteiger partial charge on any atom is -0.396 e. The fourth-order valence-electron chi connectivity index (χ4n) is 4.90. The van der Waals surface area contributed by atoms with Crippen LogP contribution in [0.3, 0.4) is 0 Å². The summed E-state index contributed by atoms with van der Waals surface area (Å²) in [4.78, 5) is 0. The molecule has 0 radical (unpaired) electrons. The summed E-state index contributed by atoms with van der Waals surface area (Å²) < 4.78 is 0. The van der Waals surface area contributed by atoms with Crippen LogP contribution in [0.5, 0.6) is 0 Å². The van der Waals surface area contributed by atoms with Crippen molar-refractivity contribution in [2.45, 2.75) is 59.5 Å². The molecule has 2 nitrogen and oxygen atoms in total. The van der Waals surface area contributed by atoms with Gasteiger partial charge in [0.15, 0.2) is 0 Å². The molecular weight excluding hydrogens is 212 g/mol. The van der Waals surface area contributed by atoms with Crippen molar-refractivity contribution in [3.8, 4) is 0 Å². The van der Waals surface area contributed by atoms with Crippen LogP contribution < -0.4 is 0 Å². The number of hydrogen-bond donors (Lipinski definition) is 2. The summed E-state index contributed by atoms with van der Waals surface area (Å²) in [6.45, 7) is 9.36. The Labute approximate surface area is 105 Å². The van der Waals surface area contributed by atoms with Gasteiger partial charge in [0.05, 0.1) is 6.10 Å². The highest BCUT2D eigenvalue weighted by Crippen LogP contribution is 2.60. The van der Waals surface area contributed by atoms with Crippen molar-refractivity contribution in [2.75, 3.05) is 6.61 Å². The highest BCUT2D eigenvalue weighted by Gasteiger charge is 2.55. The van der Waals surface area contributed by atoms with Gasteiger partial charge in [0.1, 0.15) is 0 Å². The van der Waals surface area contributed by atoms with Crippen LogP contribution in [0, 0.1) is 28.6 Å². The summed E-state index contributed by atoms with van der Waals surface area (Å²) in [5, 5.41) is 20.0. The lowest BCUT2D eigenvalue weighted by molar-refractivity contribution is -0.150.